The third-order valence-electron chi connectivity index (χ3n) is 4.29. The van der Waals surface area contributed by atoms with Crippen LogP contribution in [0, 0.1) is 0 Å². The third-order valence-corrected chi connectivity index (χ3v) is 4.29. The van der Waals surface area contributed by atoms with Gasteiger partial charge in [-0.3, -0.25) is 0 Å². The first-order chi connectivity index (χ1) is 9.83. The van der Waals surface area contributed by atoms with Crippen molar-refractivity contribution < 1.29 is 0 Å². The summed E-state index contributed by atoms with van der Waals surface area (Å²) in [5.74, 6) is 1.21. The van der Waals surface area contributed by atoms with Gasteiger partial charge in [-0.2, -0.15) is 0 Å². The minimum Gasteiger partial charge on any atom is -0.308 e. The molecule has 3 heterocycles. The number of pyridine rings is 1. The van der Waals surface area contributed by atoms with Gasteiger partial charge in [-0.05, 0) is 44.5 Å². The van der Waals surface area contributed by atoms with Gasteiger partial charge < -0.3 is 9.47 Å². The van der Waals surface area contributed by atoms with Crippen LogP contribution in [0.5, 0.6) is 0 Å². The molecule has 0 radical (unpaired) electrons. The minimum absolute atomic E-state index is 0.533. The summed E-state index contributed by atoms with van der Waals surface area (Å²) in [6, 6.07) is 4.60. The van der Waals surface area contributed by atoms with E-state index in [1.807, 2.05) is 12.3 Å². The van der Waals surface area contributed by atoms with Crippen molar-refractivity contribution in [3.8, 4) is 0 Å². The molecule has 1 aliphatic rings. The zero-order valence-corrected chi connectivity index (χ0v) is 12.5. The quantitative estimate of drug-likeness (QED) is 0.858. The molecule has 0 aromatic carbocycles. The second kappa shape index (κ2) is 5.92. The first-order valence-corrected chi connectivity index (χ1v) is 7.87. The number of fused-ring (bicyclic) bond motifs is 1. The van der Waals surface area contributed by atoms with Gasteiger partial charge in [0, 0.05) is 25.2 Å². The fraction of sp³-hybridized carbons (Fsp3) is 0.625. The van der Waals surface area contributed by atoms with Gasteiger partial charge in [-0.15, -0.1) is 0 Å². The van der Waals surface area contributed by atoms with E-state index in [1.54, 1.807) is 0 Å². The van der Waals surface area contributed by atoms with E-state index in [0.717, 1.165) is 37.1 Å². The lowest BCUT2D eigenvalue weighted by atomic mass is 10.1. The molecule has 1 unspecified atom stereocenters. The van der Waals surface area contributed by atoms with Gasteiger partial charge in [0.1, 0.15) is 11.3 Å². The molecule has 1 fully saturated rings. The van der Waals surface area contributed by atoms with Crippen LogP contribution in [-0.4, -0.2) is 39.1 Å². The fourth-order valence-corrected chi connectivity index (χ4v) is 3.29. The molecule has 2 aromatic heterocycles. The highest BCUT2D eigenvalue weighted by Crippen LogP contribution is 2.27. The zero-order chi connectivity index (χ0) is 13.9. The maximum Gasteiger partial charge on any atom is 0.160 e. The summed E-state index contributed by atoms with van der Waals surface area (Å²) >= 11 is 0. The van der Waals surface area contributed by atoms with Gasteiger partial charge in [-0.1, -0.05) is 13.8 Å². The predicted molar refractivity (Wildman–Crippen MR) is 81.9 cm³/mol. The van der Waals surface area contributed by atoms with E-state index in [0.29, 0.717) is 6.04 Å². The Balaban J connectivity index is 2.01. The van der Waals surface area contributed by atoms with Crippen LogP contribution >= 0.6 is 0 Å². The summed E-state index contributed by atoms with van der Waals surface area (Å²) in [4.78, 5) is 11.9. The highest BCUT2D eigenvalue weighted by molar-refractivity contribution is 5.71. The Kier molecular flexibility index (Phi) is 4.01. The lowest BCUT2D eigenvalue weighted by Gasteiger charge is -2.33. The van der Waals surface area contributed by atoms with Crippen molar-refractivity contribution in [1.82, 2.24) is 19.4 Å². The number of imidazole rings is 1. The molecule has 1 saturated heterocycles. The van der Waals surface area contributed by atoms with Gasteiger partial charge in [0.05, 0.1) is 0 Å². The van der Waals surface area contributed by atoms with E-state index in [2.05, 4.69) is 34.4 Å². The first-order valence-electron chi connectivity index (χ1n) is 7.87. The average Bonchev–Trinajstić information content (AvgIpc) is 2.85. The van der Waals surface area contributed by atoms with Gasteiger partial charge in [0.15, 0.2) is 5.65 Å². The number of aryl methyl sites for hydroxylation is 1. The van der Waals surface area contributed by atoms with Crippen molar-refractivity contribution in [2.24, 2.45) is 0 Å². The van der Waals surface area contributed by atoms with Crippen molar-refractivity contribution in [1.29, 1.82) is 0 Å². The topological polar surface area (TPSA) is 34.0 Å². The molecule has 0 aliphatic carbocycles. The SMILES string of the molecule is CCCc1nc2cccnc2n1C1CCCN(CC)C1. The van der Waals surface area contributed by atoms with E-state index >= 15 is 0 Å². The zero-order valence-electron chi connectivity index (χ0n) is 12.5. The van der Waals surface area contributed by atoms with E-state index in [9.17, 15) is 0 Å². The molecule has 0 amide bonds. The van der Waals surface area contributed by atoms with Crippen molar-refractivity contribution in [2.75, 3.05) is 19.6 Å². The number of aromatic nitrogens is 3. The molecule has 0 spiro atoms. The van der Waals surface area contributed by atoms with Crippen LogP contribution in [0.3, 0.4) is 0 Å². The molecule has 1 atom stereocenters. The number of piperidine rings is 1. The summed E-state index contributed by atoms with van der Waals surface area (Å²) in [6.45, 7) is 7.97. The smallest absolute Gasteiger partial charge is 0.160 e. The maximum absolute atomic E-state index is 4.81. The molecule has 20 heavy (non-hydrogen) atoms. The number of hydrogen-bond donors (Lipinski definition) is 0. The van der Waals surface area contributed by atoms with E-state index < -0.39 is 0 Å². The standard InChI is InChI=1S/C16H24N4/c1-3-7-15-18-14-9-5-10-17-16(14)20(15)13-8-6-11-19(4-2)12-13/h5,9-10,13H,3-4,6-8,11-12H2,1-2H3. The van der Waals surface area contributed by atoms with Gasteiger partial charge in [-0.25, -0.2) is 9.97 Å². The molecule has 0 bridgehead atoms. The van der Waals surface area contributed by atoms with Gasteiger partial charge in [0.2, 0.25) is 0 Å². The molecule has 0 saturated carbocycles. The minimum atomic E-state index is 0.533. The molecular formula is C16H24N4. The molecule has 3 rings (SSSR count). The molecular weight excluding hydrogens is 248 g/mol. The van der Waals surface area contributed by atoms with Crippen molar-refractivity contribution in [3.05, 3.63) is 24.2 Å². The fourth-order valence-electron chi connectivity index (χ4n) is 3.29. The summed E-state index contributed by atoms with van der Waals surface area (Å²) in [7, 11) is 0. The number of likely N-dealkylation sites (tertiary alicyclic amines) is 1. The van der Waals surface area contributed by atoms with Crippen LogP contribution in [0.4, 0.5) is 0 Å². The molecule has 4 nitrogen and oxygen atoms in total. The van der Waals surface area contributed by atoms with Gasteiger partial charge in [0.25, 0.3) is 0 Å². The maximum atomic E-state index is 4.81. The number of likely N-dealkylation sites (N-methyl/N-ethyl adjacent to an activating group) is 1. The van der Waals surface area contributed by atoms with Crippen molar-refractivity contribution in [3.63, 3.8) is 0 Å². The molecule has 0 N–H and O–H groups in total. The average molecular weight is 272 g/mol. The van der Waals surface area contributed by atoms with Crippen LogP contribution in [-0.2, 0) is 6.42 Å². The van der Waals surface area contributed by atoms with Crippen molar-refractivity contribution >= 4 is 11.2 Å². The summed E-state index contributed by atoms with van der Waals surface area (Å²) in [5.41, 5.74) is 2.11. The van der Waals surface area contributed by atoms with E-state index in [1.165, 1.54) is 25.2 Å². The normalized spacial score (nSPS) is 20.6. The van der Waals surface area contributed by atoms with Crippen LogP contribution in [0.2, 0.25) is 0 Å². The lowest BCUT2D eigenvalue weighted by molar-refractivity contribution is 0.185. The number of hydrogen-bond acceptors (Lipinski definition) is 3. The van der Waals surface area contributed by atoms with E-state index in [-0.39, 0.29) is 0 Å². The number of rotatable bonds is 4. The Hall–Kier alpha value is -1.42. The highest BCUT2D eigenvalue weighted by Gasteiger charge is 2.24. The summed E-state index contributed by atoms with van der Waals surface area (Å²) in [6.07, 6.45) is 6.58. The second-order valence-corrected chi connectivity index (χ2v) is 5.68. The first kappa shape index (κ1) is 13.6. The Morgan fingerprint density at radius 2 is 2.25 bits per heavy atom. The largest absolute Gasteiger partial charge is 0.308 e. The summed E-state index contributed by atoms with van der Waals surface area (Å²) in [5, 5.41) is 0. The lowest BCUT2D eigenvalue weighted by Crippen LogP contribution is -2.36. The van der Waals surface area contributed by atoms with E-state index in [4.69, 9.17) is 4.98 Å². The van der Waals surface area contributed by atoms with Crippen LogP contribution in [0.25, 0.3) is 11.2 Å². The molecule has 4 heteroatoms. The molecule has 2 aromatic rings. The third kappa shape index (κ3) is 2.44. The second-order valence-electron chi connectivity index (χ2n) is 5.68. The molecule has 1 aliphatic heterocycles. The number of nitrogens with zero attached hydrogens (tertiary/aromatic N) is 4. The summed E-state index contributed by atoms with van der Waals surface area (Å²) < 4.78 is 2.42. The Bertz CT molecular complexity index is 575. The van der Waals surface area contributed by atoms with Crippen LogP contribution in [0.1, 0.15) is 45.0 Å². The predicted octanol–water partition coefficient (Wildman–Crippen LogP) is 3.04. The highest BCUT2D eigenvalue weighted by atomic mass is 15.2. The van der Waals surface area contributed by atoms with Gasteiger partial charge >= 0.3 is 0 Å². The Morgan fingerprint density at radius 3 is 3.05 bits per heavy atom. The van der Waals surface area contributed by atoms with Crippen molar-refractivity contribution in [2.45, 2.75) is 45.6 Å². The van der Waals surface area contributed by atoms with Crippen LogP contribution < -0.4 is 0 Å². The molecule has 108 valence electrons. The van der Waals surface area contributed by atoms with Crippen LogP contribution in [0.15, 0.2) is 18.3 Å². The monoisotopic (exact) mass is 272 g/mol. The Labute approximate surface area is 120 Å². The Morgan fingerprint density at radius 1 is 1.35 bits per heavy atom.